The fraction of sp³-hybridized carbons (Fsp3) is 0.556. The van der Waals surface area contributed by atoms with E-state index in [1.807, 2.05) is 31.4 Å². The summed E-state index contributed by atoms with van der Waals surface area (Å²) in [5.74, 6) is 0.433. The fourth-order valence-electron chi connectivity index (χ4n) is 2.28. The lowest BCUT2D eigenvalue weighted by Gasteiger charge is -2.25. The van der Waals surface area contributed by atoms with Gasteiger partial charge in [-0.25, -0.2) is 0 Å². The predicted octanol–water partition coefficient (Wildman–Crippen LogP) is 2.08. The van der Waals surface area contributed by atoms with Gasteiger partial charge >= 0.3 is 0 Å². The Hall–Kier alpha value is -1.53. The summed E-state index contributed by atoms with van der Waals surface area (Å²) in [7, 11) is 1.70. The van der Waals surface area contributed by atoms with Crippen LogP contribution in [0.15, 0.2) is 24.3 Å². The van der Waals surface area contributed by atoms with Crippen LogP contribution in [0.25, 0.3) is 0 Å². The lowest BCUT2D eigenvalue weighted by molar-refractivity contribution is -0.132. The number of likely N-dealkylation sites (N-methyl/N-ethyl adjacent to an activating group) is 1. The van der Waals surface area contributed by atoms with Crippen molar-refractivity contribution in [2.45, 2.75) is 38.8 Å². The molecule has 0 unspecified atom stereocenters. The van der Waals surface area contributed by atoms with E-state index in [-0.39, 0.29) is 11.8 Å². The molecule has 0 aliphatic carbocycles. The number of thioether (sulfide) groups is 1. The average Bonchev–Trinajstić information content (AvgIpc) is 2.55. The molecule has 2 N–H and O–H groups in total. The molecule has 2 amide bonds. The van der Waals surface area contributed by atoms with Crippen LogP contribution in [0.1, 0.15) is 35.7 Å². The Kier molecular flexibility index (Phi) is 8.85. The van der Waals surface area contributed by atoms with Gasteiger partial charge in [0.2, 0.25) is 5.91 Å². The second-order valence-corrected chi connectivity index (χ2v) is 7.06. The SMILES string of the molecule is CSCC[C@@H](NC(=O)c1cccc(C)c1)C(=O)N(C)CC[C@@H](C)O. The third kappa shape index (κ3) is 6.93. The zero-order chi connectivity index (χ0) is 18.1. The molecule has 1 aromatic rings. The largest absolute Gasteiger partial charge is 0.393 e. The highest BCUT2D eigenvalue weighted by Gasteiger charge is 2.24. The molecule has 2 atom stereocenters. The number of aliphatic hydroxyl groups excluding tert-OH is 1. The highest BCUT2D eigenvalue weighted by molar-refractivity contribution is 7.98. The van der Waals surface area contributed by atoms with Crippen LogP contribution in [0.4, 0.5) is 0 Å². The number of aryl methyl sites for hydroxylation is 1. The summed E-state index contributed by atoms with van der Waals surface area (Å²) in [5, 5.41) is 12.2. The van der Waals surface area contributed by atoms with E-state index in [4.69, 9.17) is 0 Å². The van der Waals surface area contributed by atoms with Crippen molar-refractivity contribution in [2.24, 2.45) is 0 Å². The summed E-state index contributed by atoms with van der Waals surface area (Å²) in [4.78, 5) is 26.6. The van der Waals surface area contributed by atoms with Gasteiger partial charge in [-0.05, 0) is 50.8 Å². The van der Waals surface area contributed by atoms with E-state index in [0.717, 1.165) is 11.3 Å². The third-order valence-electron chi connectivity index (χ3n) is 3.75. The number of aliphatic hydroxyl groups is 1. The zero-order valence-corrected chi connectivity index (χ0v) is 15.7. The van der Waals surface area contributed by atoms with Crippen LogP contribution in [0.2, 0.25) is 0 Å². The highest BCUT2D eigenvalue weighted by Crippen LogP contribution is 2.08. The minimum absolute atomic E-state index is 0.120. The lowest BCUT2D eigenvalue weighted by atomic mass is 10.1. The Balaban J connectivity index is 2.76. The second kappa shape index (κ2) is 10.4. The van der Waals surface area contributed by atoms with Gasteiger partial charge in [-0.2, -0.15) is 11.8 Å². The number of carbonyl (C=O) groups excluding carboxylic acids is 2. The zero-order valence-electron chi connectivity index (χ0n) is 14.9. The summed E-state index contributed by atoms with van der Waals surface area (Å²) in [6.45, 7) is 4.09. The molecule has 0 aliphatic heterocycles. The number of carbonyl (C=O) groups is 2. The van der Waals surface area contributed by atoms with Crippen LogP contribution in [-0.2, 0) is 4.79 Å². The van der Waals surface area contributed by atoms with Gasteiger partial charge in [0.15, 0.2) is 0 Å². The van der Waals surface area contributed by atoms with Crippen molar-refractivity contribution >= 4 is 23.6 Å². The van der Waals surface area contributed by atoms with Crippen molar-refractivity contribution in [2.75, 3.05) is 25.6 Å². The van der Waals surface area contributed by atoms with Crippen LogP contribution in [-0.4, -0.2) is 59.6 Å². The quantitative estimate of drug-likeness (QED) is 0.714. The molecule has 1 rings (SSSR count). The van der Waals surface area contributed by atoms with E-state index >= 15 is 0 Å². The molecule has 1 aromatic carbocycles. The maximum atomic E-state index is 12.6. The molecule has 5 nitrogen and oxygen atoms in total. The van der Waals surface area contributed by atoms with E-state index < -0.39 is 12.1 Å². The van der Waals surface area contributed by atoms with Gasteiger partial charge in [-0.15, -0.1) is 0 Å². The molecular formula is C18H28N2O3S. The standard InChI is InChI=1S/C18H28N2O3S/c1-13-6-5-7-15(12-13)17(22)19-16(9-11-24-4)18(23)20(3)10-8-14(2)21/h5-7,12,14,16,21H,8-11H2,1-4H3,(H,19,22)/t14-,16-/m1/s1. The number of nitrogens with zero attached hydrogens (tertiary/aromatic N) is 1. The Bertz CT molecular complexity index is 549. The molecular weight excluding hydrogens is 324 g/mol. The number of nitrogens with one attached hydrogen (secondary N) is 1. The van der Waals surface area contributed by atoms with Crippen molar-refractivity contribution < 1.29 is 14.7 Å². The van der Waals surface area contributed by atoms with Crippen molar-refractivity contribution in [3.8, 4) is 0 Å². The van der Waals surface area contributed by atoms with Gasteiger partial charge in [0.1, 0.15) is 6.04 Å². The Morgan fingerprint density at radius 2 is 2.04 bits per heavy atom. The minimum Gasteiger partial charge on any atom is -0.393 e. The monoisotopic (exact) mass is 352 g/mol. The van der Waals surface area contributed by atoms with Gasteiger partial charge in [0.05, 0.1) is 6.10 Å². The smallest absolute Gasteiger partial charge is 0.251 e. The maximum absolute atomic E-state index is 12.6. The van der Waals surface area contributed by atoms with Gasteiger partial charge in [0.25, 0.3) is 5.91 Å². The van der Waals surface area contributed by atoms with Crippen LogP contribution in [0.3, 0.4) is 0 Å². The highest BCUT2D eigenvalue weighted by atomic mass is 32.2. The summed E-state index contributed by atoms with van der Waals surface area (Å²) >= 11 is 1.64. The Morgan fingerprint density at radius 3 is 2.62 bits per heavy atom. The van der Waals surface area contributed by atoms with Crippen molar-refractivity contribution in [1.29, 1.82) is 0 Å². The van der Waals surface area contributed by atoms with E-state index in [9.17, 15) is 14.7 Å². The van der Waals surface area contributed by atoms with E-state index in [0.29, 0.717) is 24.9 Å². The Labute approximate surface area is 148 Å². The number of hydrogen-bond acceptors (Lipinski definition) is 4. The number of benzene rings is 1. The predicted molar refractivity (Wildman–Crippen MR) is 99.4 cm³/mol. The van der Waals surface area contributed by atoms with Crippen LogP contribution in [0.5, 0.6) is 0 Å². The van der Waals surface area contributed by atoms with Crippen LogP contribution < -0.4 is 5.32 Å². The van der Waals surface area contributed by atoms with Crippen LogP contribution >= 0.6 is 11.8 Å². The second-order valence-electron chi connectivity index (χ2n) is 6.07. The summed E-state index contributed by atoms with van der Waals surface area (Å²) in [5.41, 5.74) is 1.56. The molecule has 6 heteroatoms. The van der Waals surface area contributed by atoms with Crippen molar-refractivity contribution in [3.63, 3.8) is 0 Å². The van der Waals surface area contributed by atoms with Gasteiger partial charge in [0, 0.05) is 19.2 Å². The van der Waals surface area contributed by atoms with Gasteiger partial charge < -0.3 is 15.3 Å². The van der Waals surface area contributed by atoms with Gasteiger partial charge in [-0.1, -0.05) is 17.7 Å². The molecule has 0 heterocycles. The molecule has 0 aromatic heterocycles. The van der Waals surface area contributed by atoms with E-state index in [1.165, 1.54) is 0 Å². The first kappa shape index (κ1) is 20.5. The number of rotatable bonds is 9. The van der Waals surface area contributed by atoms with E-state index in [2.05, 4.69) is 5.32 Å². The summed E-state index contributed by atoms with van der Waals surface area (Å²) in [6.07, 6.45) is 2.62. The summed E-state index contributed by atoms with van der Waals surface area (Å²) < 4.78 is 0. The lowest BCUT2D eigenvalue weighted by Crippen LogP contribution is -2.48. The molecule has 0 spiro atoms. The molecule has 24 heavy (non-hydrogen) atoms. The van der Waals surface area contributed by atoms with Crippen LogP contribution in [0, 0.1) is 6.92 Å². The third-order valence-corrected chi connectivity index (χ3v) is 4.40. The normalized spacial score (nSPS) is 13.2. The molecule has 0 saturated carbocycles. The molecule has 0 saturated heterocycles. The average molecular weight is 353 g/mol. The minimum atomic E-state index is -0.551. The summed E-state index contributed by atoms with van der Waals surface area (Å²) in [6, 6.07) is 6.76. The number of hydrogen-bond donors (Lipinski definition) is 2. The number of amides is 2. The van der Waals surface area contributed by atoms with Crippen molar-refractivity contribution in [1.82, 2.24) is 10.2 Å². The molecule has 0 fully saturated rings. The van der Waals surface area contributed by atoms with Crippen molar-refractivity contribution in [3.05, 3.63) is 35.4 Å². The molecule has 0 aliphatic rings. The van der Waals surface area contributed by atoms with E-state index in [1.54, 1.807) is 36.7 Å². The van der Waals surface area contributed by atoms with Gasteiger partial charge in [-0.3, -0.25) is 9.59 Å². The first-order chi connectivity index (χ1) is 11.3. The topological polar surface area (TPSA) is 69.6 Å². The maximum Gasteiger partial charge on any atom is 0.251 e. The first-order valence-electron chi connectivity index (χ1n) is 8.14. The molecule has 134 valence electrons. The fourth-order valence-corrected chi connectivity index (χ4v) is 2.75. The molecule has 0 bridgehead atoms. The molecule has 0 radical (unpaired) electrons. The Morgan fingerprint density at radius 1 is 1.33 bits per heavy atom. The first-order valence-corrected chi connectivity index (χ1v) is 9.54.